The maximum atomic E-state index is 13.7. The highest BCUT2D eigenvalue weighted by molar-refractivity contribution is 5.80. The lowest BCUT2D eigenvalue weighted by Crippen LogP contribution is -2.31. The zero-order valence-electron chi connectivity index (χ0n) is 19.3. The lowest BCUT2D eigenvalue weighted by molar-refractivity contribution is -0.157. The standard InChI is InChI=1S/C25H30F6N2O/c1-4-7-20(22(25(29,30)31)15-18(3)24(26,27)28)17-33(12-5-2)13-6-14-34-21-8-9-23-19(16-21)10-11-32-23/h5,7-11,15-16,18,32H,2,4,6,12-14,17H2,1,3H3/b20-7-,22-15+. The van der Waals surface area contributed by atoms with Crippen LogP contribution in [-0.4, -0.2) is 48.5 Å². The van der Waals surface area contributed by atoms with E-state index >= 15 is 0 Å². The van der Waals surface area contributed by atoms with E-state index in [1.165, 1.54) is 6.08 Å². The monoisotopic (exact) mass is 488 g/mol. The maximum absolute atomic E-state index is 13.7. The molecule has 0 spiro atoms. The van der Waals surface area contributed by atoms with Crippen LogP contribution in [0.5, 0.6) is 5.75 Å². The van der Waals surface area contributed by atoms with Gasteiger partial charge in [-0.2, -0.15) is 26.3 Å². The molecule has 1 aromatic heterocycles. The van der Waals surface area contributed by atoms with Crippen molar-refractivity contribution in [3.8, 4) is 5.75 Å². The minimum atomic E-state index is -4.90. The zero-order chi connectivity index (χ0) is 25.4. The van der Waals surface area contributed by atoms with E-state index < -0.39 is 23.8 Å². The topological polar surface area (TPSA) is 28.3 Å². The number of allylic oxidation sites excluding steroid dienone is 2. The van der Waals surface area contributed by atoms with Crippen LogP contribution in [0.15, 0.2) is 66.4 Å². The first-order chi connectivity index (χ1) is 16.0. The van der Waals surface area contributed by atoms with Gasteiger partial charge in [0.25, 0.3) is 0 Å². The van der Waals surface area contributed by atoms with Crippen molar-refractivity contribution in [1.82, 2.24) is 9.88 Å². The van der Waals surface area contributed by atoms with E-state index in [0.29, 0.717) is 25.3 Å². The van der Waals surface area contributed by atoms with Gasteiger partial charge in [0.15, 0.2) is 0 Å². The number of hydrogen-bond donors (Lipinski definition) is 1. The van der Waals surface area contributed by atoms with Crippen LogP contribution in [0.2, 0.25) is 0 Å². The molecule has 1 N–H and O–H groups in total. The molecule has 0 saturated carbocycles. The fraction of sp³-hybridized carbons (Fsp3) is 0.440. The Balaban J connectivity index is 2.08. The number of aromatic amines is 1. The summed E-state index contributed by atoms with van der Waals surface area (Å²) in [5.41, 5.74) is -0.441. The molecule has 9 heteroatoms. The molecule has 0 fully saturated rings. The van der Waals surface area contributed by atoms with Crippen LogP contribution in [0, 0.1) is 5.92 Å². The van der Waals surface area contributed by atoms with Crippen molar-refractivity contribution in [2.24, 2.45) is 5.92 Å². The Hall–Kier alpha value is -2.68. The normalized spacial score (nSPS) is 14.6. The lowest BCUT2D eigenvalue weighted by Gasteiger charge is -2.25. The van der Waals surface area contributed by atoms with Crippen molar-refractivity contribution in [3.05, 3.63) is 66.4 Å². The van der Waals surface area contributed by atoms with Gasteiger partial charge >= 0.3 is 12.4 Å². The highest BCUT2D eigenvalue weighted by atomic mass is 19.4. The number of alkyl halides is 6. The molecule has 1 atom stereocenters. The van der Waals surface area contributed by atoms with Gasteiger partial charge in [-0.3, -0.25) is 4.90 Å². The third-order valence-electron chi connectivity index (χ3n) is 5.23. The second-order valence-corrected chi connectivity index (χ2v) is 8.00. The van der Waals surface area contributed by atoms with Gasteiger partial charge in [-0.1, -0.05) is 32.1 Å². The van der Waals surface area contributed by atoms with E-state index in [4.69, 9.17) is 4.74 Å². The van der Waals surface area contributed by atoms with E-state index in [-0.39, 0.29) is 31.2 Å². The summed E-state index contributed by atoms with van der Waals surface area (Å²) in [7, 11) is 0. The number of ether oxygens (including phenoxy) is 1. The van der Waals surface area contributed by atoms with Crippen LogP contribution in [-0.2, 0) is 0 Å². The number of halogens is 6. The number of aromatic nitrogens is 1. The third-order valence-corrected chi connectivity index (χ3v) is 5.23. The molecule has 0 aliphatic carbocycles. The average Bonchev–Trinajstić information content (AvgIpc) is 3.21. The number of benzene rings is 1. The molecule has 1 unspecified atom stereocenters. The SMILES string of the molecule is C=CCN(CCCOc1ccc2[nH]ccc2c1)CC(=C/CC)/C(=C\C(C)C(F)(F)F)C(F)(F)F. The molecule has 3 nitrogen and oxygen atoms in total. The van der Waals surface area contributed by atoms with Crippen LogP contribution in [0.1, 0.15) is 26.7 Å². The highest BCUT2D eigenvalue weighted by Gasteiger charge is 2.41. The van der Waals surface area contributed by atoms with E-state index in [9.17, 15) is 26.3 Å². The smallest absolute Gasteiger partial charge is 0.416 e. The average molecular weight is 489 g/mol. The van der Waals surface area contributed by atoms with Crippen molar-refractivity contribution < 1.29 is 31.1 Å². The Labute approximate surface area is 195 Å². The molecule has 0 aliphatic rings. The number of rotatable bonds is 12. The van der Waals surface area contributed by atoms with Crippen molar-refractivity contribution in [2.75, 3.05) is 26.2 Å². The fourth-order valence-electron chi connectivity index (χ4n) is 3.49. The van der Waals surface area contributed by atoms with Crippen molar-refractivity contribution in [2.45, 2.75) is 39.0 Å². The molecule has 0 bridgehead atoms. The molecule has 2 aromatic rings. The molecular weight excluding hydrogens is 458 g/mol. The van der Waals surface area contributed by atoms with Gasteiger partial charge in [-0.15, -0.1) is 6.58 Å². The molecule has 0 aliphatic heterocycles. The predicted molar refractivity (Wildman–Crippen MR) is 123 cm³/mol. The van der Waals surface area contributed by atoms with Crippen molar-refractivity contribution >= 4 is 10.9 Å². The van der Waals surface area contributed by atoms with E-state index in [1.807, 2.05) is 30.5 Å². The van der Waals surface area contributed by atoms with E-state index in [2.05, 4.69) is 11.6 Å². The van der Waals surface area contributed by atoms with Gasteiger partial charge in [0.1, 0.15) is 5.75 Å². The quantitative estimate of drug-likeness (QED) is 0.145. The molecule has 0 saturated heterocycles. The summed E-state index contributed by atoms with van der Waals surface area (Å²) < 4.78 is 85.8. The van der Waals surface area contributed by atoms with Crippen LogP contribution in [0.4, 0.5) is 26.3 Å². The van der Waals surface area contributed by atoms with Gasteiger partial charge in [-0.05, 0) is 42.7 Å². The molecule has 1 heterocycles. The van der Waals surface area contributed by atoms with Gasteiger partial charge in [0.05, 0.1) is 18.1 Å². The van der Waals surface area contributed by atoms with Crippen LogP contribution in [0.3, 0.4) is 0 Å². The van der Waals surface area contributed by atoms with Gasteiger partial charge in [0.2, 0.25) is 0 Å². The summed E-state index contributed by atoms with van der Waals surface area (Å²) >= 11 is 0. The number of nitrogens with zero attached hydrogens (tertiary/aromatic N) is 1. The first kappa shape index (κ1) is 27.6. The summed E-state index contributed by atoms with van der Waals surface area (Å²) in [6.07, 6.45) is -3.90. The maximum Gasteiger partial charge on any atom is 0.416 e. The summed E-state index contributed by atoms with van der Waals surface area (Å²) in [5, 5.41) is 1.000. The largest absolute Gasteiger partial charge is 0.494 e. The molecule has 188 valence electrons. The van der Waals surface area contributed by atoms with Crippen LogP contribution < -0.4 is 4.74 Å². The number of fused-ring (bicyclic) bond motifs is 1. The van der Waals surface area contributed by atoms with Gasteiger partial charge in [0, 0.05) is 36.7 Å². The number of nitrogens with one attached hydrogen (secondary N) is 1. The molecule has 0 radical (unpaired) electrons. The summed E-state index contributed by atoms with van der Waals surface area (Å²) in [6.45, 7) is 6.88. The second-order valence-electron chi connectivity index (χ2n) is 8.00. The lowest BCUT2D eigenvalue weighted by atomic mass is 9.98. The van der Waals surface area contributed by atoms with Crippen LogP contribution in [0.25, 0.3) is 10.9 Å². The van der Waals surface area contributed by atoms with Crippen molar-refractivity contribution in [1.29, 1.82) is 0 Å². The number of H-pyrrole nitrogens is 1. The van der Waals surface area contributed by atoms with Crippen LogP contribution >= 0.6 is 0 Å². The summed E-state index contributed by atoms with van der Waals surface area (Å²) in [4.78, 5) is 4.80. The summed E-state index contributed by atoms with van der Waals surface area (Å²) in [6, 6.07) is 7.52. The Bertz CT molecular complexity index is 987. The Morgan fingerprint density at radius 1 is 1.18 bits per heavy atom. The molecule has 2 rings (SSSR count). The van der Waals surface area contributed by atoms with Gasteiger partial charge in [-0.25, -0.2) is 0 Å². The molecular formula is C25H30F6N2O. The minimum absolute atomic E-state index is 0.148. The van der Waals surface area contributed by atoms with Crippen molar-refractivity contribution in [3.63, 3.8) is 0 Å². The third kappa shape index (κ3) is 8.27. The summed E-state index contributed by atoms with van der Waals surface area (Å²) in [5.74, 6) is -1.54. The Kier molecular flexibility index (Phi) is 9.85. The van der Waals surface area contributed by atoms with Gasteiger partial charge < -0.3 is 9.72 Å². The molecule has 34 heavy (non-hydrogen) atoms. The predicted octanol–water partition coefficient (Wildman–Crippen LogP) is 7.45. The Morgan fingerprint density at radius 3 is 2.53 bits per heavy atom. The highest BCUT2D eigenvalue weighted by Crippen LogP contribution is 2.36. The fourth-order valence-corrected chi connectivity index (χ4v) is 3.49. The molecule has 0 amide bonds. The Morgan fingerprint density at radius 2 is 1.91 bits per heavy atom. The first-order valence-corrected chi connectivity index (χ1v) is 11.0. The first-order valence-electron chi connectivity index (χ1n) is 11.0. The molecule has 1 aromatic carbocycles. The zero-order valence-corrected chi connectivity index (χ0v) is 19.3. The second kappa shape index (κ2) is 12.1. The minimum Gasteiger partial charge on any atom is -0.494 e. The number of hydrogen-bond acceptors (Lipinski definition) is 2. The van der Waals surface area contributed by atoms with E-state index in [1.54, 1.807) is 17.9 Å². The van der Waals surface area contributed by atoms with E-state index in [0.717, 1.165) is 17.8 Å².